The molecule has 1 fully saturated rings. The Morgan fingerprint density at radius 2 is 2.12 bits per heavy atom. The second-order valence-corrected chi connectivity index (χ2v) is 5.95. The molecule has 2 amide bonds. The summed E-state index contributed by atoms with van der Waals surface area (Å²) >= 11 is 0. The highest BCUT2D eigenvalue weighted by Crippen LogP contribution is 2.20. The lowest BCUT2D eigenvalue weighted by molar-refractivity contribution is -0.128. The second kappa shape index (κ2) is 7.29. The molecule has 1 aliphatic heterocycles. The van der Waals surface area contributed by atoms with Crippen LogP contribution in [0.25, 0.3) is 0 Å². The molecule has 3 rings (SSSR count). The van der Waals surface area contributed by atoms with Crippen molar-refractivity contribution in [1.29, 1.82) is 0 Å². The first kappa shape index (κ1) is 16.9. The fourth-order valence-corrected chi connectivity index (χ4v) is 2.61. The largest absolute Gasteiger partial charge is 0.439 e. The molecule has 1 unspecified atom stereocenters. The highest BCUT2D eigenvalue weighted by Gasteiger charge is 2.31. The Kier molecular flexibility index (Phi) is 4.92. The van der Waals surface area contributed by atoms with Gasteiger partial charge in [0.2, 0.25) is 17.7 Å². The van der Waals surface area contributed by atoms with Gasteiger partial charge in [-0.25, -0.2) is 9.37 Å². The number of aromatic nitrogens is 1. The summed E-state index contributed by atoms with van der Waals surface area (Å²) in [4.78, 5) is 29.3. The van der Waals surface area contributed by atoms with E-state index in [0.29, 0.717) is 24.7 Å². The maximum Gasteiger partial charge on any atom is 0.225 e. The molecule has 2 heterocycles. The zero-order chi connectivity index (χ0) is 17.8. The predicted octanol–water partition coefficient (Wildman–Crippen LogP) is 2.11. The normalized spacial score (nSPS) is 16.8. The summed E-state index contributed by atoms with van der Waals surface area (Å²) in [5.74, 6) is 0.0216. The van der Waals surface area contributed by atoms with Crippen LogP contribution in [0.15, 0.2) is 42.6 Å². The highest BCUT2D eigenvalue weighted by molar-refractivity contribution is 5.89. The molecular formula is C18H18FN3O3. The third kappa shape index (κ3) is 4.32. The topological polar surface area (TPSA) is 71.5 Å². The van der Waals surface area contributed by atoms with Crippen LogP contribution < -0.4 is 10.1 Å². The van der Waals surface area contributed by atoms with E-state index < -0.39 is 0 Å². The van der Waals surface area contributed by atoms with Gasteiger partial charge < -0.3 is 15.0 Å². The summed E-state index contributed by atoms with van der Waals surface area (Å²) in [5.41, 5.74) is 0.818. The van der Waals surface area contributed by atoms with Gasteiger partial charge in [0.25, 0.3) is 0 Å². The van der Waals surface area contributed by atoms with Gasteiger partial charge in [0.15, 0.2) is 0 Å². The van der Waals surface area contributed by atoms with E-state index in [1.54, 1.807) is 30.3 Å². The number of rotatable bonds is 5. The number of nitrogens with one attached hydrogen (secondary N) is 1. The second-order valence-electron chi connectivity index (χ2n) is 5.95. The number of amides is 2. The monoisotopic (exact) mass is 343 g/mol. The van der Waals surface area contributed by atoms with Crippen LogP contribution >= 0.6 is 0 Å². The van der Waals surface area contributed by atoms with Gasteiger partial charge in [0.05, 0.1) is 5.92 Å². The van der Waals surface area contributed by atoms with Crippen LogP contribution in [0, 0.1) is 11.7 Å². The molecule has 0 aliphatic carbocycles. The summed E-state index contributed by atoms with van der Waals surface area (Å²) in [7, 11) is 1.69. The highest BCUT2D eigenvalue weighted by atomic mass is 19.1. The van der Waals surface area contributed by atoms with Gasteiger partial charge in [0, 0.05) is 38.8 Å². The van der Waals surface area contributed by atoms with Crippen molar-refractivity contribution in [2.24, 2.45) is 5.92 Å². The molecule has 0 bridgehead atoms. The van der Waals surface area contributed by atoms with Crippen molar-refractivity contribution in [3.63, 3.8) is 0 Å². The van der Waals surface area contributed by atoms with Crippen molar-refractivity contribution in [2.75, 3.05) is 13.6 Å². The van der Waals surface area contributed by atoms with Gasteiger partial charge in [-0.3, -0.25) is 9.59 Å². The molecule has 6 nitrogen and oxygen atoms in total. The average molecular weight is 343 g/mol. The van der Waals surface area contributed by atoms with Gasteiger partial charge in [0.1, 0.15) is 11.6 Å². The first-order valence-corrected chi connectivity index (χ1v) is 7.91. The number of hydrogen-bond acceptors (Lipinski definition) is 4. The van der Waals surface area contributed by atoms with E-state index in [1.165, 1.54) is 24.3 Å². The van der Waals surface area contributed by atoms with E-state index in [1.807, 2.05) is 0 Å². The molecule has 1 saturated heterocycles. The first-order valence-electron chi connectivity index (χ1n) is 7.91. The Morgan fingerprint density at radius 3 is 2.80 bits per heavy atom. The molecule has 1 aromatic heterocycles. The van der Waals surface area contributed by atoms with E-state index in [-0.39, 0.29) is 30.0 Å². The first-order chi connectivity index (χ1) is 12.0. The van der Waals surface area contributed by atoms with E-state index in [0.717, 1.165) is 5.56 Å². The molecular weight excluding hydrogens is 325 g/mol. The van der Waals surface area contributed by atoms with Gasteiger partial charge in [-0.1, -0.05) is 0 Å². The zero-order valence-corrected chi connectivity index (χ0v) is 13.7. The fraction of sp³-hybridized carbons (Fsp3) is 0.278. The van der Waals surface area contributed by atoms with E-state index >= 15 is 0 Å². The Hall–Kier alpha value is -2.96. The van der Waals surface area contributed by atoms with Crippen LogP contribution in [0.1, 0.15) is 12.0 Å². The summed E-state index contributed by atoms with van der Waals surface area (Å²) < 4.78 is 18.5. The Bertz CT molecular complexity index is 779. The maximum atomic E-state index is 12.9. The third-order valence-electron chi connectivity index (χ3n) is 4.01. The van der Waals surface area contributed by atoms with Gasteiger partial charge in [-0.2, -0.15) is 0 Å². The minimum absolute atomic E-state index is 0.0148. The number of likely N-dealkylation sites (tertiary alicyclic amines) is 1. The van der Waals surface area contributed by atoms with Gasteiger partial charge >= 0.3 is 0 Å². The molecule has 7 heteroatoms. The van der Waals surface area contributed by atoms with Crippen molar-refractivity contribution in [1.82, 2.24) is 15.2 Å². The molecule has 2 aromatic rings. The van der Waals surface area contributed by atoms with Crippen molar-refractivity contribution >= 4 is 11.8 Å². The lowest BCUT2D eigenvalue weighted by atomic mass is 10.1. The molecule has 0 radical (unpaired) electrons. The van der Waals surface area contributed by atoms with Crippen LogP contribution in [0.5, 0.6) is 11.6 Å². The van der Waals surface area contributed by atoms with E-state index in [9.17, 15) is 14.0 Å². The minimum atomic E-state index is -0.340. The number of benzene rings is 1. The summed E-state index contributed by atoms with van der Waals surface area (Å²) in [6.45, 7) is 0.759. The predicted molar refractivity (Wildman–Crippen MR) is 88.3 cm³/mol. The zero-order valence-electron chi connectivity index (χ0n) is 13.7. The quantitative estimate of drug-likeness (QED) is 0.903. The molecule has 1 aromatic carbocycles. The number of hydrogen-bond donors (Lipinski definition) is 1. The summed E-state index contributed by atoms with van der Waals surface area (Å²) in [5, 5.41) is 2.83. The Morgan fingerprint density at radius 1 is 1.36 bits per heavy atom. The molecule has 1 N–H and O–H groups in total. The molecule has 0 spiro atoms. The standard InChI is InChI=1S/C18H18FN3O3/c1-22-11-13(9-17(22)23)18(24)21-10-12-6-7-20-16(8-12)25-15-4-2-14(19)3-5-15/h2-8,13H,9-11H2,1H3,(H,21,24). The SMILES string of the molecule is CN1CC(C(=O)NCc2ccnc(Oc3ccc(F)cc3)c2)CC1=O. The minimum Gasteiger partial charge on any atom is -0.439 e. The Balaban J connectivity index is 1.57. The van der Waals surface area contributed by atoms with Crippen LogP contribution in [-0.2, 0) is 16.1 Å². The number of ether oxygens (including phenoxy) is 1. The molecule has 0 saturated carbocycles. The summed E-state index contributed by atoms with van der Waals surface area (Å²) in [6, 6.07) is 9.11. The number of pyridine rings is 1. The number of carbonyl (C=O) groups is 2. The van der Waals surface area contributed by atoms with Crippen LogP contribution in [0.3, 0.4) is 0 Å². The Labute approximate surface area is 144 Å². The third-order valence-corrected chi connectivity index (χ3v) is 4.01. The summed E-state index contributed by atoms with van der Waals surface area (Å²) in [6.07, 6.45) is 1.82. The van der Waals surface area contributed by atoms with Crippen molar-refractivity contribution in [3.8, 4) is 11.6 Å². The fourth-order valence-electron chi connectivity index (χ4n) is 2.61. The van der Waals surface area contributed by atoms with Crippen molar-refractivity contribution in [2.45, 2.75) is 13.0 Å². The lowest BCUT2D eigenvalue weighted by Gasteiger charge is -2.11. The average Bonchev–Trinajstić information content (AvgIpc) is 2.94. The van der Waals surface area contributed by atoms with E-state index in [4.69, 9.17) is 4.74 Å². The molecule has 25 heavy (non-hydrogen) atoms. The smallest absolute Gasteiger partial charge is 0.225 e. The number of halogens is 1. The number of carbonyl (C=O) groups excluding carboxylic acids is 2. The van der Waals surface area contributed by atoms with Gasteiger partial charge in [-0.15, -0.1) is 0 Å². The lowest BCUT2D eigenvalue weighted by Crippen LogP contribution is -2.31. The van der Waals surface area contributed by atoms with Crippen LogP contribution in [-0.4, -0.2) is 35.3 Å². The molecule has 1 aliphatic rings. The van der Waals surface area contributed by atoms with E-state index in [2.05, 4.69) is 10.3 Å². The molecule has 130 valence electrons. The van der Waals surface area contributed by atoms with Gasteiger partial charge in [-0.05, 0) is 35.9 Å². The van der Waals surface area contributed by atoms with Crippen LogP contribution in [0.4, 0.5) is 4.39 Å². The molecule has 1 atom stereocenters. The van der Waals surface area contributed by atoms with Crippen LogP contribution in [0.2, 0.25) is 0 Å². The number of nitrogens with zero attached hydrogens (tertiary/aromatic N) is 2. The van der Waals surface area contributed by atoms with Crippen molar-refractivity contribution < 1.29 is 18.7 Å². The maximum absolute atomic E-state index is 12.9. The van der Waals surface area contributed by atoms with Crippen molar-refractivity contribution in [3.05, 3.63) is 54.0 Å².